The molecule has 200 valence electrons. The summed E-state index contributed by atoms with van der Waals surface area (Å²) >= 11 is 0. The van der Waals surface area contributed by atoms with E-state index < -0.39 is 12.2 Å². The number of hydrogen-bond acceptors (Lipinski definition) is 6. The fourth-order valence-electron chi connectivity index (χ4n) is 6.42. The molecule has 4 unspecified atom stereocenters. The molecular formula is C31H42N2O4. The van der Waals surface area contributed by atoms with E-state index in [2.05, 4.69) is 52.3 Å². The quantitative estimate of drug-likeness (QED) is 0.500. The normalized spacial score (nSPS) is 22.9. The Bertz CT molecular complexity index is 979. The predicted octanol–water partition coefficient (Wildman–Crippen LogP) is 4.35. The van der Waals surface area contributed by atoms with Crippen LogP contribution < -0.4 is 0 Å². The molecule has 2 heterocycles. The molecule has 2 fully saturated rings. The fourth-order valence-corrected chi connectivity index (χ4v) is 6.42. The minimum Gasteiger partial charge on any atom is -0.462 e. The largest absolute Gasteiger partial charge is 0.462 e. The highest BCUT2D eigenvalue weighted by Gasteiger charge is 2.38. The molecule has 4 atom stereocenters. The molecule has 1 aliphatic carbocycles. The first kappa shape index (κ1) is 26.2. The first-order chi connectivity index (χ1) is 18.2. The van der Waals surface area contributed by atoms with Gasteiger partial charge in [-0.05, 0) is 49.3 Å². The van der Waals surface area contributed by atoms with Gasteiger partial charge in [0.15, 0.2) is 0 Å². The summed E-state index contributed by atoms with van der Waals surface area (Å²) in [5, 5.41) is 22.7. The molecule has 0 spiro atoms. The van der Waals surface area contributed by atoms with Crippen molar-refractivity contribution in [1.29, 1.82) is 0 Å². The van der Waals surface area contributed by atoms with Crippen molar-refractivity contribution in [3.63, 3.8) is 0 Å². The monoisotopic (exact) mass is 506 g/mol. The average Bonchev–Trinajstić information content (AvgIpc) is 3.63. The first-order valence-electron chi connectivity index (χ1n) is 14.0. The molecule has 2 aromatic carbocycles. The average molecular weight is 507 g/mol. The molecule has 1 saturated carbocycles. The van der Waals surface area contributed by atoms with Gasteiger partial charge in [0.1, 0.15) is 12.0 Å². The summed E-state index contributed by atoms with van der Waals surface area (Å²) in [7, 11) is 0. The van der Waals surface area contributed by atoms with Gasteiger partial charge in [-0.2, -0.15) is 0 Å². The van der Waals surface area contributed by atoms with Gasteiger partial charge in [0.25, 0.3) is 0 Å². The summed E-state index contributed by atoms with van der Waals surface area (Å²) in [6.07, 6.45) is 6.56. The molecule has 2 N–H and O–H groups in total. The zero-order valence-corrected chi connectivity index (χ0v) is 21.8. The van der Waals surface area contributed by atoms with Crippen molar-refractivity contribution in [2.45, 2.75) is 56.8 Å². The summed E-state index contributed by atoms with van der Waals surface area (Å²) in [6.45, 7) is 4.86. The third-order valence-electron chi connectivity index (χ3n) is 8.41. The molecule has 6 nitrogen and oxygen atoms in total. The molecule has 0 amide bonds. The molecule has 0 aromatic heterocycles. The van der Waals surface area contributed by atoms with Crippen molar-refractivity contribution in [3.05, 3.63) is 83.8 Å². The molecule has 6 heteroatoms. The van der Waals surface area contributed by atoms with Crippen molar-refractivity contribution in [2.75, 3.05) is 39.5 Å². The lowest BCUT2D eigenvalue weighted by molar-refractivity contribution is -0.0633. The van der Waals surface area contributed by atoms with E-state index in [-0.39, 0.29) is 17.9 Å². The molecule has 5 rings (SSSR count). The van der Waals surface area contributed by atoms with E-state index in [1.54, 1.807) is 6.26 Å². The third-order valence-corrected chi connectivity index (χ3v) is 8.41. The van der Waals surface area contributed by atoms with Crippen LogP contribution in [0, 0.1) is 11.8 Å². The highest BCUT2D eigenvalue weighted by molar-refractivity contribution is 5.21. The second-order valence-electron chi connectivity index (χ2n) is 10.9. The second-order valence-corrected chi connectivity index (χ2v) is 10.9. The predicted molar refractivity (Wildman–Crippen MR) is 145 cm³/mol. The van der Waals surface area contributed by atoms with E-state index in [1.165, 1.54) is 5.56 Å². The van der Waals surface area contributed by atoms with Gasteiger partial charge in [-0.1, -0.05) is 73.5 Å². The summed E-state index contributed by atoms with van der Waals surface area (Å²) in [4.78, 5) is 4.93. The maximum absolute atomic E-state index is 11.5. The van der Waals surface area contributed by atoms with Crippen molar-refractivity contribution >= 4 is 0 Å². The van der Waals surface area contributed by atoms with E-state index in [0.717, 1.165) is 82.6 Å². The van der Waals surface area contributed by atoms with Crippen LogP contribution in [-0.4, -0.2) is 71.7 Å². The number of aliphatic hydroxyl groups excluding tert-OH is 2. The molecule has 2 aromatic rings. The van der Waals surface area contributed by atoms with Crippen LogP contribution in [0.5, 0.6) is 0 Å². The van der Waals surface area contributed by atoms with Crippen LogP contribution in [0.1, 0.15) is 49.3 Å². The molecular weight excluding hydrogens is 464 g/mol. The van der Waals surface area contributed by atoms with Gasteiger partial charge in [0.05, 0.1) is 18.2 Å². The number of hydrogen-bond donors (Lipinski definition) is 2. The lowest BCUT2D eigenvalue weighted by Gasteiger charge is -2.38. The van der Waals surface area contributed by atoms with Crippen LogP contribution >= 0.6 is 0 Å². The highest BCUT2D eigenvalue weighted by Crippen LogP contribution is 2.35. The van der Waals surface area contributed by atoms with Gasteiger partial charge < -0.3 is 24.6 Å². The van der Waals surface area contributed by atoms with Crippen LogP contribution in [-0.2, 0) is 15.9 Å². The van der Waals surface area contributed by atoms with Gasteiger partial charge >= 0.3 is 0 Å². The zero-order chi connectivity index (χ0) is 25.5. The topological polar surface area (TPSA) is 65.4 Å². The molecule has 2 aliphatic heterocycles. The number of nitrogens with zero attached hydrogens (tertiary/aromatic N) is 2. The standard InChI is InChI=1S/C31H42N2O4/c34-30(26-14-7-8-15-26)31(35)29(25-12-5-2-6-13-25)33-17-9-16-32(18-19-33)21-27(28-22-36-23-37-28)20-24-10-3-1-4-11-24/h1-6,10-13,22,26-27,29-31,34-35H,7-9,14-21,23H2. The Morgan fingerprint density at radius 1 is 0.838 bits per heavy atom. The van der Waals surface area contributed by atoms with Crippen LogP contribution in [0.25, 0.3) is 0 Å². The third kappa shape index (κ3) is 6.74. The van der Waals surface area contributed by atoms with E-state index in [1.807, 2.05) is 18.2 Å². The van der Waals surface area contributed by atoms with Crippen molar-refractivity contribution in [3.8, 4) is 0 Å². The van der Waals surface area contributed by atoms with Gasteiger partial charge in [-0.25, -0.2) is 0 Å². The van der Waals surface area contributed by atoms with Crippen LogP contribution in [0.3, 0.4) is 0 Å². The lowest BCUT2D eigenvalue weighted by Crippen LogP contribution is -2.46. The molecule has 0 radical (unpaired) electrons. The van der Waals surface area contributed by atoms with E-state index in [0.29, 0.717) is 6.79 Å². The summed E-state index contributed by atoms with van der Waals surface area (Å²) in [6, 6.07) is 20.7. The summed E-state index contributed by atoms with van der Waals surface area (Å²) in [5.41, 5.74) is 2.39. The number of rotatable bonds is 10. The van der Waals surface area contributed by atoms with Crippen LogP contribution in [0.15, 0.2) is 72.7 Å². The van der Waals surface area contributed by atoms with Crippen molar-refractivity contribution in [2.24, 2.45) is 11.8 Å². The van der Waals surface area contributed by atoms with Gasteiger partial charge in [0, 0.05) is 32.1 Å². The zero-order valence-electron chi connectivity index (χ0n) is 21.8. The minimum atomic E-state index is -0.794. The lowest BCUT2D eigenvalue weighted by atomic mass is 9.88. The Balaban J connectivity index is 1.28. The maximum atomic E-state index is 11.5. The number of ether oxygens (including phenoxy) is 2. The van der Waals surface area contributed by atoms with Gasteiger partial charge in [-0.15, -0.1) is 0 Å². The van der Waals surface area contributed by atoms with Crippen LogP contribution in [0.4, 0.5) is 0 Å². The minimum absolute atomic E-state index is 0.199. The second kappa shape index (κ2) is 12.9. The van der Waals surface area contributed by atoms with Crippen molar-refractivity contribution < 1.29 is 19.7 Å². The van der Waals surface area contributed by atoms with Gasteiger partial charge in [-0.3, -0.25) is 4.90 Å². The molecule has 37 heavy (non-hydrogen) atoms. The Hall–Kier alpha value is -2.38. The fraction of sp³-hybridized carbons (Fsp3) is 0.548. The Kier molecular flexibility index (Phi) is 9.16. The Labute approximate surface area is 221 Å². The Morgan fingerprint density at radius 3 is 2.27 bits per heavy atom. The first-order valence-corrected chi connectivity index (χ1v) is 14.0. The van der Waals surface area contributed by atoms with Crippen molar-refractivity contribution in [1.82, 2.24) is 9.80 Å². The highest BCUT2D eigenvalue weighted by atomic mass is 16.7. The smallest absolute Gasteiger partial charge is 0.229 e. The maximum Gasteiger partial charge on any atom is 0.229 e. The summed E-state index contributed by atoms with van der Waals surface area (Å²) in [5.74, 6) is 1.36. The van der Waals surface area contributed by atoms with E-state index in [4.69, 9.17) is 9.47 Å². The van der Waals surface area contributed by atoms with E-state index >= 15 is 0 Å². The molecule has 1 saturated heterocycles. The SMILES string of the molecule is OC(C1CCCC1)C(O)C(c1ccccc1)N1CCCN(CC(Cc2ccccc2)C2=COCO2)CC1. The van der Waals surface area contributed by atoms with Crippen LogP contribution in [0.2, 0.25) is 0 Å². The van der Waals surface area contributed by atoms with Gasteiger partial charge in [0.2, 0.25) is 6.79 Å². The number of aliphatic hydroxyl groups is 2. The molecule has 0 bridgehead atoms. The molecule has 3 aliphatic rings. The number of benzene rings is 2. The summed E-state index contributed by atoms with van der Waals surface area (Å²) < 4.78 is 11.2. The Morgan fingerprint density at radius 2 is 1.57 bits per heavy atom. The van der Waals surface area contributed by atoms with E-state index in [9.17, 15) is 10.2 Å².